The molecule has 0 fully saturated rings. The second-order valence-corrected chi connectivity index (χ2v) is 2.84. The van der Waals surface area contributed by atoms with Crippen LogP contribution in [0.2, 0.25) is 0 Å². The van der Waals surface area contributed by atoms with Gasteiger partial charge in [0.15, 0.2) is 5.78 Å². The van der Waals surface area contributed by atoms with Crippen molar-refractivity contribution in [3.8, 4) is 0 Å². The van der Waals surface area contributed by atoms with E-state index in [1.807, 2.05) is 0 Å². The van der Waals surface area contributed by atoms with Crippen LogP contribution in [0, 0.1) is 0 Å². The van der Waals surface area contributed by atoms with Gasteiger partial charge in [0.05, 0.1) is 13.0 Å². The maximum Gasteiger partial charge on any atom is 0.330 e. The second-order valence-electron chi connectivity index (χ2n) is 2.84. The monoisotopic (exact) mass is 214 g/mol. The molecule has 0 unspecified atom stereocenters. The van der Waals surface area contributed by atoms with Gasteiger partial charge in [0.1, 0.15) is 19.0 Å². The summed E-state index contributed by atoms with van der Waals surface area (Å²) in [5, 5.41) is 0. The smallest absolute Gasteiger partial charge is 0.330 e. The molecule has 0 N–H and O–H groups in total. The molecule has 0 rings (SSSR count). The fraction of sp³-hybridized carbons (Fsp3) is 0.500. The topological polar surface area (TPSA) is 69.7 Å². The Kier molecular flexibility index (Phi) is 7.09. The van der Waals surface area contributed by atoms with Crippen LogP contribution in [0.1, 0.15) is 13.3 Å². The Balaban J connectivity index is 3.38. The summed E-state index contributed by atoms with van der Waals surface area (Å²) in [5.74, 6) is -1.01. The lowest BCUT2D eigenvalue weighted by molar-refractivity contribution is -0.139. The molecule has 5 nitrogen and oxygen atoms in total. The lowest BCUT2D eigenvalue weighted by atomic mass is 10.2. The van der Waals surface area contributed by atoms with Gasteiger partial charge in [-0.2, -0.15) is 0 Å². The van der Waals surface area contributed by atoms with E-state index in [0.29, 0.717) is 0 Å². The number of carbonyl (C=O) groups is 3. The van der Waals surface area contributed by atoms with E-state index in [1.165, 1.54) is 6.92 Å². The Hall–Kier alpha value is -1.49. The molecule has 15 heavy (non-hydrogen) atoms. The van der Waals surface area contributed by atoms with Gasteiger partial charge in [0.2, 0.25) is 0 Å². The molecular weight excluding hydrogens is 200 g/mol. The fourth-order valence-electron chi connectivity index (χ4n) is 0.775. The molecule has 0 aromatic rings. The molecule has 0 heterocycles. The number of Topliss-reactive ketones (excluding diaryl/α,β-unsaturated/α-hetero) is 2. The van der Waals surface area contributed by atoms with Crippen LogP contribution in [0.4, 0.5) is 0 Å². The van der Waals surface area contributed by atoms with Gasteiger partial charge in [-0.25, -0.2) is 4.79 Å². The van der Waals surface area contributed by atoms with Gasteiger partial charge in [0, 0.05) is 6.08 Å². The Morgan fingerprint density at radius 2 is 1.93 bits per heavy atom. The third kappa shape index (κ3) is 8.83. The molecule has 0 aromatic heterocycles. The molecule has 0 spiro atoms. The minimum absolute atomic E-state index is 0.0677. The summed E-state index contributed by atoms with van der Waals surface area (Å²) >= 11 is 0. The lowest BCUT2D eigenvalue weighted by Crippen LogP contribution is -2.15. The number of rotatable bonds is 8. The maximum absolute atomic E-state index is 10.9. The first-order chi connectivity index (χ1) is 7.06. The van der Waals surface area contributed by atoms with Crippen LogP contribution < -0.4 is 0 Å². The first kappa shape index (κ1) is 13.5. The summed E-state index contributed by atoms with van der Waals surface area (Å²) in [6.07, 6.45) is 0.924. The van der Waals surface area contributed by atoms with Crippen LogP contribution >= 0.6 is 0 Å². The zero-order valence-corrected chi connectivity index (χ0v) is 8.65. The molecular formula is C10H14O5. The third-order valence-corrected chi connectivity index (χ3v) is 1.35. The zero-order valence-electron chi connectivity index (χ0n) is 8.65. The molecule has 0 aromatic carbocycles. The molecule has 0 radical (unpaired) electrons. The van der Waals surface area contributed by atoms with Crippen molar-refractivity contribution in [1.29, 1.82) is 0 Å². The van der Waals surface area contributed by atoms with Gasteiger partial charge >= 0.3 is 5.97 Å². The minimum Gasteiger partial charge on any atom is -0.460 e. The second kappa shape index (κ2) is 7.87. The van der Waals surface area contributed by atoms with Crippen molar-refractivity contribution in [2.24, 2.45) is 0 Å². The number of hydrogen-bond acceptors (Lipinski definition) is 5. The van der Waals surface area contributed by atoms with Crippen molar-refractivity contribution >= 4 is 17.5 Å². The average molecular weight is 214 g/mol. The van der Waals surface area contributed by atoms with Crippen LogP contribution in [-0.2, 0) is 23.9 Å². The first-order valence-corrected chi connectivity index (χ1v) is 4.44. The molecule has 0 atom stereocenters. The number of ketones is 2. The average Bonchev–Trinajstić information content (AvgIpc) is 2.15. The summed E-state index contributed by atoms with van der Waals surface area (Å²) in [6, 6.07) is 0. The molecule has 0 aliphatic carbocycles. The van der Waals surface area contributed by atoms with Gasteiger partial charge in [-0.05, 0) is 6.92 Å². The van der Waals surface area contributed by atoms with E-state index in [0.717, 1.165) is 6.08 Å². The van der Waals surface area contributed by atoms with Crippen LogP contribution in [0.15, 0.2) is 12.7 Å². The lowest BCUT2D eigenvalue weighted by Gasteiger charge is -2.03. The van der Waals surface area contributed by atoms with E-state index in [1.54, 1.807) is 0 Å². The third-order valence-electron chi connectivity index (χ3n) is 1.35. The van der Waals surface area contributed by atoms with Crippen molar-refractivity contribution in [1.82, 2.24) is 0 Å². The van der Waals surface area contributed by atoms with Gasteiger partial charge in [-0.3, -0.25) is 9.59 Å². The molecule has 84 valence electrons. The highest BCUT2D eigenvalue weighted by Gasteiger charge is 2.05. The van der Waals surface area contributed by atoms with Crippen molar-refractivity contribution in [3.63, 3.8) is 0 Å². The molecule has 0 saturated carbocycles. The normalized spacial score (nSPS) is 9.40. The predicted molar refractivity (Wildman–Crippen MR) is 52.3 cm³/mol. The summed E-state index contributed by atoms with van der Waals surface area (Å²) in [6.45, 7) is 4.61. The Morgan fingerprint density at radius 3 is 2.47 bits per heavy atom. The molecule has 5 heteroatoms. The van der Waals surface area contributed by atoms with E-state index < -0.39 is 5.97 Å². The molecule has 0 amide bonds. The van der Waals surface area contributed by atoms with E-state index in [2.05, 4.69) is 11.3 Å². The highest BCUT2D eigenvalue weighted by Crippen LogP contribution is 1.88. The first-order valence-electron chi connectivity index (χ1n) is 4.44. The predicted octanol–water partition coefficient (Wildman–Crippen LogP) is 0.280. The van der Waals surface area contributed by atoms with Gasteiger partial charge in [-0.15, -0.1) is 0 Å². The number of ether oxygens (including phenoxy) is 2. The molecule has 0 aliphatic heterocycles. The summed E-state index contributed by atoms with van der Waals surface area (Å²) in [5.41, 5.74) is 0. The largest absolute Gasteiger partial charge is 0.460 e. The SMILES string of the molecule is C=CC(=O)OCCOCC(=O)CC(C)=O. The highest BCUT2D eigenvalue weighted by atomic mass is 16.6. The van der Waals surface area contributed by atoms with Gasteiger partial charge < -0.3 is 9.47 Å². The summed E-state index contributed by atoms with van der Waals surface area (Å²) in [4.78, 5) is 32.0. The van der Waals surface area contributed by atoms with Gasteiger partial charge in [-0.1, -0.05) is 6.58 Å². The molecule has 0 aliphatic rings. The highest BCUT2D eigenvalue weighted by molar-refractivity contribution is 5.98. The van der Waals surface area contributed by atoms with E-state index in [4.69, 9.17) is 4.74 Å². The van der Waals surface area contributed by atoms with Crippen LogP contribution in [-0.4, -0.2) is 37.4 Å². The van der Waals surface area contributed by atoms with Crippen LogP contribution in [0.5, 0.6) is 0 Å². The van der Waals surface area contributed by atoms with E-state index in [9.17, 15) is 14.4 Å². The van der Waals surface area contributed by atoms with Crippen molar-refractivity contribution in [2.45, 2.75) is 13.3 Å². The van der Waals surface area contributed by atoms with Crippen LogP contribution in [0.3, 0.4) is 0 Å². The summed E-state index contributed by atoms with van der Waals surface area (Å²) < 4.78 is 9.47. The zero-order chi connectivity index (χ0) is 11.7. The van der Waals surface area contributed by atoms with Gasteiger partial charge in [0.25, 0.3) is 0 Å². The Labute approximate surface area is 88.0 Å². The van der Waals surface area contributed by atoms with Crippen LogP contribution in [0.25, 0.3) is 0 Å². The Bertz CT molecular complexity index is 257. The number of carbonyl (C=O) groups excluding carboxylic acids is 3. The van der Waals surface area contributed by atoms with Crippen molar-refractivity contribution in [3.05, 3.63) is 12.7 Å². The quantitative estimate of drug-likeness (QED) is 0.251. The summed E-state index contributed by atoms with van der Waals surface area (Å²) in [7, 11) is 0. The van der Waals surface area contributed by atoms with E-state index in [-0.39, 0.29) is 37.8 Å². The van der Waals surface area contributed by atoms with Crippen molar-refractivity contribution in [2.75, 3.05) is 19.8 Å². The standard InChI is InChI=1S/C10H14O5/c1-3-10(13)15-5-4-14-7-9(12)6-8(2)11/h3H,1,4-7H2,2H3. The van der Waals surface area contributed by atoms with E-state index >= 15 is 0 Å². The maximum atomic E-state index is 10.9. The number of esters is 1. The number of hydrogen-bond donors (Lipinski definition) is 0. The Morgan fingerprint density at radius 1 is 1.27 bits per heavy atom. The molecule has 0 saturated heterocycles. The molecule has 0 bridgehead atoms. The minimum atomic E-state index is -0.534. The fourth-order valence-corrected chi connectivity index (χ4v) is 0.775. The van der Waals surface area contributed by atoms with Crippen molar-refractivity contribution < 1.29 is 23.9 Å².